The Hall–Kier alpha value is -1.79. The van der Waals surface area contributed by atoms with Gasteiger partial charge in [-0.1, -0.05) is 17.7 Å². The molecular weight excluding hydrogens is 294 g/mol. The number of halogens is 1. The maximum Gasteiger partial charge on any atom is 0.339 e. The van der Waals surface area contributed by atoms with E-state index in [4.69, 9.17) is 11.6 Å². The molecule has 0 atom stereocenters. The van der Waals surface area contributed by atoms with Gasteiger partial charge in [-0.25, -0.2) is 9.59 Å². The minimum atomic E-state index is -1.16. The Balaban J connectivity index is 2.12. The highest BCUT2D eigenvalue weighted by Gasteiger charge is 2.20. The van der Waals surface area contributed by atoms with E-state index in [1.165, 1.54) is 12.1 Å². The second-order valence-electron chi connectivity index (χ2n) is 5.04. The van der Waals surface area contributed by atoms with E-state index in [0.29, 0.717) is 13.1 Å². The summed E-state index contributed by atoms with van der Waals surface area (Å²) in [5.74, 6) is -1.16. The van der Waals surface area contributed by atoms with E-state index < -0.39 is 5.97 Å². The Morgan fingerprint density at radius 2 is 2.00 bits per heavy atom. The zero-order valence-electron chi connectivity index (χ0n) is 11.8. The Bertz CT molecular complexity index is 550. The van der Waals surface area contributed by atoms with Gasteiger partial charge in [-0.3, -0.25) is 0 Å². The molecule has 0 radical (unpaired) electrons. The van der Waals surface area contributed by atoms with Gasteiger partial charge in [-0.05, 0) is 32.1 Å². The summed E-state index contributed by atoms with van der Waals surface area (Å²) in [5, 5.41) is 11.9. The summed E-state index contributed by atoms with van der Waals surface area (Å²) in [4.78, 5) is 27.4. The van der Waals surface area contributed by atoms with Crippen molar-refractivity contribution in [3.05, 3.63) is 28.8 Å². The van der Waals surface area contributed by atoms with Crippen molar-refractivity contribution in [3.8, 4) is 0 Å². The predicted octanol–water partition coefficient (Wildman–Crippen LogP) is 2.21. The van der Waals surface area contributed by atoms with Crippen molar-refractivity contribution in [2.24, 2.45) is 0 Å². The number of nitrogens with zero attached hydrogens (tertiary/aromatic N) is 2. The van der Waals surface area contributed by atoms with Gasteiger partial charge < -0.3 is 20.2 Å². The topological polar surface area (TPSA) is 72.9 Å². The van der Waals surface area contributed by atoms with Crippen LogP contribution in [0.3, 0.4) is 0 Å². The fraction of sp³-hybridized carbons (Fsp3) is 0.429. The van der Waals surface area contributed by atoms with Crippen LogP contribution in [-0.2, 0) is 0 Å². The third kappa shape index (κ3) is 3.86. The first kappa shape index (κ1) is 15.6. The summed E-state index contributed by atoms with van der Waals surface area (Å²) in [5.41, 5.74) is 0.136. The first-order valence-corrected chi connectivity index (χ1v) is 7.13. The average Bonchev–Trinajstić information content (AvgIpc) is 2.63. The lowest BCUT2D eigenvalue weighted by molar-refractivity contribution is 0.0698. The lowest BCUT2D eigenvalue weighted by Crippen LogP contribution is -2.37. The number of urea groups is 1. The maximum absolute atomic E-state index is 12.3. The van der Waals surface area contributed by atoms with Gasteiger partial charge in [-0.2, -0.15) is 0 Å². The molecule has 7 heteroatoms. The molecule has 1 aromatic carbocycles. The third-order valence-corrected chi connectivity index (χ3v) is 3.79. The van der Waals surface area contributed by atoms with Crippen LogP contribution in [0.5, 0.6) is 0 Å². The van der Waals surface area contributed by atoms with Crippen LogP contribution in [0, 0.1) is 0 Å². The number of nitrogens with one attached hydrogen (secondary N) is 1. The zero-order valence-corrected chi connectivity index (χ0v) is 12.6. The molecule has 0 spiro atoms. The molecule has 1 heterocycles. The number of carboxylic acid groups (broad SMARTS) is 1. The van der Waals surface area contributed by atoms with Crippen LogP contribution in [0.2, 0.25) is 5.02 Å². The first-order valence-electron chi connectivity index (χ1n) is 6.75. The number of carbonyl (C=O) groups is 2. The maximum atomic E-state index is 12.3. The van der Waals surface area contributed by atoms with Crippen LogP contribution < -0.4 is 5.32 Å². The number of carboxylic acids is 1. The summed E-state index contributed by atoms with van der Waals surface area (Å²) in [6, 6.07) is 4.34. The van der Waals surface area contributed by atoms with Crippen molar-refractivity contribution < 1.29 is 14.7 Å². The van der Waals surface area contributed by atoms with E-state index >= 15 is 0 Å². The monoisotopic (exact) mass is 311 g/mol. The Labute approximate surface area is 128 Å². The molecule has 1 aromatic rings. The number of anilines is 1. The number of rotatable bonds is 2. The van der Waals surface area contributed by atoms with Crippen LogP contribution in [-0.4, -0.2) is 60.1 Å². The quantitative estimate of drug-likeness (QED) is 0.878. The van der Waals surface area contributed by atoms with Crippen molar-refractivity contribution in [2.45, 2.75) is 6.42 Å². The molecule has 2 amide bonds. The van der Waals surface area contributed by atoms with E-state index in [0.717, 1.165) is 19.5 Å². The number of hydrogen-bond acceptors (Lipinski definition) is 3. The molecule has 0 aromatic heterocycles. The van der Waals surface area contributed by atoms with Crippen LogP contribution in [0.15, 0.2) is 18.2 Å². The van der Waals surface area contributed by atoms with Crippen molar-refractivity contribution in [1.29, 1.82) is 0 Å². The Kier molecular flexibility index (Phi) is 5.03. The first-order chi connectivity index (χ1) is 9.99. The van der Waals surface area contributed by atoms with E-state index in [9.17, 15) is 14.7 Å². The van der Waals surface area contributed by atoms with Gasteiger partial charge in [0.05, 0.1) is 10.7 Å². The van der Waals surface area contributed by atoms with Crippen molar-refractivity contribution in [2.75, 3.05) is 38.5 Å². The smallest absolute Gasteiger partial charge is 0.339 e. The number of benzene rings is 1. The highest BCUT2D eigenvalue weighted by Crippen LogP contribution is 2.24. The molecule has 1 fully saturated rings. The molecule has 0 saturated carbocycles. The van der Waals surface area contributed by atoms with Crippen LogP contribution in [0.25, 0.3) is 0 Å². The SMILES string of the molecule is CN1CCCN(C(=O)Nc2cccc(Cl)c2C(=O)O)CC1. The van der Waals surface area contributed by atoms with Gasteiger partial charge in [0.25, 0.3) is 0 Å². The fourth-order valence-corrected chi connectivity index (χ4v) is 2.54. The van der Waals surface area contributed by atoms with Crippen molar-refractivity contribution in [1.82, 2.24) is 9.80 Å². The van der Waals surface area contributed by atoms with Crippen molar-refractivity contribution in [3.63, 3.8) is 0 Å². The molecular formula is C14H18ClN3O3. The normalized spacial score (nSPS) is 16.4. The van der Waals surface area contributed by atoms with E-state index in [1.54, 1.807) is 11.0 Å². The number of carbonyl (C=O) groups excluding carboxylic acids is 1. The molecule has 0 bridgehead atoms. The molecule has 2 rings (SSSR count). The predicted molar refractivity (Wildman–Crippen MR) is 81.1 cm³/mol. The highest BCUT2D eigenvalue weighted by atomic mass is 35.5. The molecule has 0 unspecified atom stereocenters. The zero-order chi connectivity index (χ0) is 15.4. The lowest BCUT2D eigenvalue weighted by Gasteiger charge is -2.21. The summed E-state index contributed by atoms with van der Waals surface area (Å²) in [6.07, 6.45) is 0.894. The second-order valence-corrected chi connectivity index (χ2v) is 5.45. The van der Waals surface area contributed by atoms with Gasteiger partial charge in [0, 0.05) is 19.6 Å². The summed E-state index contributed by atoms with van der Waals surface area (Å²) in [7, 11) is 2.01. The summed E-state index contributed by atoms with van der Waals surface area (Å²) >= 11 is 5.89. The van der Waals surface area contributed by atoms with E-state index in [-0.39, 0.29) is 22.3 Å². The van der Waals surface area contributed by atoms with Gasteiger partial charge in [-0.15, -0.1) is 0 Å². The highest BCUT2D eigenvalue weighted by molar-refractivity contribution is 6.34. The molecule has 21 heavy (non-hydrogen) atoms. The second kappa shape index (κ2) is 6.78. The molecule has 1 saturated heterocycles. The van der Waals surface area contributed by atoms with E-state index in [2.05, 4.69) is 10.2 Å². The average molecular weight is 312 g/mol. The van der Waals surface area contributed by atoms with Crippen molar-refractivity contribution >= 4 is 29.3 Å². The number of amides is 2. The van der Waals surface area contributed by atoms with Gasteiger partial charge >= 0.3 is 12.0 Å². The molecule has 1 aliphatic heterocycles. The minimum Gasteiger partial charge on any atom is -0.478 e. The number of hydrogen-bond donors (Lipinski definition) is 2. The van der Waals surface area contributed by atoms with E-state index in [1.807, 2.05) is 7.05 Å². The standard InChI is InChI=1S/C14H18ClN3O3/c1-17-6-3-7-18(9-8-17)14(21)16-11-5-2-4-10(15)12(11)13(19)20/h2,4-5H,3,6-9H2,1H3,(H,16,21)(H,19,20). The molecule has 114 valence electrons. The largest absolute Gasteiger partial charge is 0.478 e. The summed E-state index contributed by atoms with van der Waals surface area (Å²) in [6.45, 7) is 3.01. The third-order valence-electron chi connectivity index (χ3n) is 3.48. The van der Waals surface area contributed by atoms with Crippen LogP contribution in [0.4, 0.5) is 10.5 Å². The minimum absolute atomic E-state index is 0.0838. The Morgan fingerprint density at radius 1 is 1.24 bits per heavy atom. The van der Waals surface area contributed by atoms with Crippen LogP contribution in [0.1, 0.15) is 16.8 Å². The fourth-order valence-electron chi connectivity index (χ4n) is 2.29. The number of likely N-dealkylation sites (N-methyl/N-ethyl adjacent to an activating group) is 1. The molecule has 6 nitrogen and oxygen atoms in total. The molecule has 1 aliphatic rings. The summed E-state index contributed by atoms with van der Waals surface area (Å²) < 4.78 is 0. The van der Waals surface area contributed by atoms with Gasteiger partial charge in [0.2, 0.25) is 0 Å². The lowest BCUT2D eigenvalue weighted by atomic mass is 10.2. The van der Waals surface area contributed by atoms with Gasteiger partial charge in [0.1, 0.15) is 5.56 Å². The molecule has 2 N–H and O–H groups in total. The van der Waals surface area contributed by atoms with Gasteiger partial charge in [0.15, 0.2) is 0 Å². The molecule has 0 aliphatic carbocycles. The Morgan fingerprint density at radius 3 is 2.71 bits per heavy atom. The number of aromatic carboxylic acids is 1. The van der Waals surface area contributed by atoms with Crippen LogP contribution >= 0.6 is 11.6 Å².